The molecule has 3 aliphatic rings. The average Bonchev–Trinajstić information content (AvgIpc) is 3.26. The van der Waals surface area contributed by atoms with E-state index >= 15 is 0 Å². The van der Waals surface area contributed by atoms with E-state index in [2.05, 4.69) is 28.1 Å². The van der Waals surface area contributed by atoms with Gasteiger partial charge in [0.1, 0.15) is 34.3 Å². The summed E-state index contributed by atoms with van der Waals surface area (Å²) in [6, 6.07) is 12.4. The number of aryl methyl sites for hydroxylation is 1. The van der Waals surface area contributed by atoms with E-state index in [-0.39, 0.29) is 22.9 Å². The van der Waals surface area contributed by atoms with Crippen molar-refractivity contribution in [3.63, 3.8) is 0 Å². The Morgan fingerprint density at radius 3 is 2.59 bits per heavy atom. The highest BCUT2D eigenvalue weighted by atomic mass is 79.9. The number of pyridine rings is 1. The second kappa shape index (κ2) is 9.02. The number of allylic oxidation sites excluding steroid dienone is 2. The van der Waals surface area contributed by atoms with Gasteiger partial charge in [-0.1, -0.05) is 28.1 Å². The molecule has 3 aromatic rings. The molecule has 0 bridgehead atoms. The van der Waals surface area contributed by atoms with Gasteiger partial charge in [0.15, 0.2) is 5.78 Å². The number of fused-ring (bicyclic) bond motifs is 2. The summed E-state index contributed by atoms with van der Waals surface area (Å²) >= 11 is 5.16. The Labute approximate surface area is 227 Å². The second-order valence-electron chi connectivity index (χ2n) is 9.60. The van der Waals surface area contributed by atoms with Crippen molar-refractivity contribution in [3.05, 3.63) is 72.7 Å². The number of nitrogens with two attached hydrogens (primary N) is 2. The van der Waals surface area contributed by atoms with E-state index in [1.165, 1.54) is 4.88 Å². The van der Waals surface area contributed by atoms with Gasteiger partial charge in [-0.05, 0) is 61.8 Å². The third-order valence-electron chi connectivity index (χ3n) is 7.53. The Bertz CT molecular complexity index is 1610. The van der Waals surface area contributed by atoms with E-state index in [1.54, 1.807) is 11.3 Å². The fraction of sp³-hybridized carbons (Fsp3) is 0.286. The van der Waals surface area contributed by atoms with Gasteiger partial charge in [-0.3, -0.25) is 9.69 Å². The molecule has 184 valence electrons. The molecule has 6 rings (SSSR count). The van der Waals surface area contributed by atoms with Gasteiger partial charge in [0.05, 0.1) is 11.3 Å². The summed E-state index contributed by atoms with van der Waals surface area (Å²) < 4.78 is 0.875. The number of nitrogen functional groups attached to an aromatic ring is 2. The normalized spacial score (nSPS) is 18.5. The summed E-state index contributed by atoms with van der Waals surface area (Å²) in [6.07, 6.45) is 5.76. The van der Waals surface area contributed by atoms with Crippen LogP contribution in [0, 0.1) is 22.7 Å². The summed E-state index contributed by atoms with van der Waals surface area (Å²) in [7, 11) is 0. The van der Waals surface area contributed by atoms with Crippen molar-refractivity contribution < 1.29 is 4.79 Å². The van der Waals surface area contributed by atoms with Crippen LogP contribution in [0.1, 0.15) is 70.7 Å². The highest BCUT2D eigenvalue weighted by Crippen LogP contribution is 2.55. The van der Waals surface area contributed by atoms with Crippen LogP contribution in [0.4, 0.5) is 22.3 Å². The molecule has 37 heavy (non-hydrogen) atoms. The topological polar surface area (TPSA) is 133 Å². The van der Waals surface area contributed by atoms with E-state index in [4.69, 9.17) is 16.5 Å². The number of carbonyl (C=O) groups is 1. The van der Waals surface area contributed by atoms with Gasteiger partial charge in [-0.25, -0.2) is 4.98 Å². The summed E-state index contributed by atoms with van der Waals surface area (Å²) in [5.41, 5.74) is 18.0. The molecule has 9 heteroatoms. The number of rotatable bonds is 2. The second-order valence-corrected chi connectivity index (χ2v) is 11.6. The maximum Gasteiger partial charge on any atom is 0.161 e. The summed E-state index contributed by atoms with van der Waals surface area (Å²) in [6.45, 7) is 0. The Balaban J connectivity index is 1.73. The van der Waals surface area contributed by atoms with Crippen molar-refractivity contribution in [1.82, 2.24) is 4.98 Å². The highest BCUT2D eigenvalue weighted by Gasteiger charge is 2.43. The van der Waals surface area contributed by atoms with Crippen LogP contribution in [0.3, 0.4) is 0 Å². The molecule has 0 radical (unpaired) electrons. The molecule has 2 aromatic heterocycles. The monoisotopic (exact) mass is 570 g/mol. The quantitative estimate of drug-likeness (QED) is 0.387. The number of halogens is 1. The summed E-state index contributed by atoms with van der Waals surface area (Å²) in [4.78, 5) is 21.6. The number of thiophene rings is 1. The van der Waals surface area contributed by atoms with Crippen LogP contribution in [0.2, 0.25) is 0 Å². The molecule has 0 saturated carbocycles. The number of aromatic nitrogens is 1. The zero-order chi connectivity index (χ0) is 25.8. The Morgan fingerprint density at radius 2 is 1.84 bits per heavy atom. The van der Waals surface area contributed by atoms with Gasteiger partial charge in [0.25, 0.3) is 0 Å². The average molecular weight is 572 g/mol. The van der Waals surface area contributed by atoms with Crippen LogP contribution < -0.4 is 16.4 Å². The maximum absolute atomic E-state index is 13.7. The molecular weight excluding hydrogens is 548 g/mol. The predicted molar refractivity (Wildman–Crippen MR) is 147 cm³/mol. The van der Waals surface area contributed by atoms with E-state index in [1.807, 2.05) is 29.2 Å². The third kappa shape index (κ3) is 3.57. The van der Waals surface area contributed by atoms with E-state index in [0.717, 1.165) is 52.0 Å². The number of benzene rings is 1. The molecule has 7 nitrogen and oxygen atoms in total. The van der Waals surface area contributed by atoms with E-state index in [9.17, 15) is 15.3 Å². The number of hydrogen-bond acceptors (Lipinski definition) is 8. The summed E-state index contributed by atoms with van der Waals surface area (Å²) in [5.74, 6) is 0.105. The number of nitrogens with zero attached hydrogens (tertiary/aromatic N) is 4. The molecule has 3 heterocycles. The lowest BCUT2D eigenvalue weighted by Crippen LogP contribution is -2.34. The van der Waals surface area contributed by atoms with Gasteiger partial charge in [-0.2, -0.15) is 10.5 Å². The van der Waals surface area contributed by atoms with Crippen molar-refractivity contribution in [2.75, 3.05) is 16.4 Å². The van der Waals surface area contributed by atoms with Gasteiger partial charge >= 0.3 is 0 Å². The molecule has 4 N–H and O–H groups in total. The van der Waals surface area contributed by atoms with Crippen LogP contribution >= 0.6 is 27.3 Å². The lowest BCUT2D eigenvalue weighted by atomic mass is 9.74. The zero-order valence-corrected chi connectivity index (χ0v) is 22.4. The highest BCUT2D eigenvalue weighted by molar-refractivity contribution is 9.10. The first-order chi connectivity index (χ1) is 17.9. The number of anilines is 4. The van der Waals surface area contributed by atoms with Gasteiger partial charge < -0.3 is 11.5 Å². The SMILES string of the molecule is N#Cc1c(N)nc2c(c1N)[C@@H](c1cccc(Br)c1)C1=C(CCCC1=O)N2c1sc2c(c1C#N)CCCC2. The first-order valence-corrected chi connectivity index (χ1v) is 13.9. The lowest BCUT2D eigenvalue weighted by molar-refractivity contribution is -0.116. The fourth-order valence-corrected chi connectivity index (χ4v) is 7.72. The molecule has 0 saturated heterocycles. The lowest BCUT2D eigenvalue weighted by Gasteiger charge is -2.40. The van der Waals surface area contributed by atoms with Crippen LogP contribution in [0.15, 0.2) is 40.0 Å². The smallest absolute Gasteiger partial charge is 0.161 e. The minimum Gasteiger partial charge on any atom is -0.397 e. The zero-order valence-electron chi connectivity index (χ0n) is 20.0. The molecule has 1 atom stereocenters. The van der Waals surface area contributed by atoms with Crippen LogP contribution in [-0.2, 0) is 17.6 Å². The number of ketones is 1. The minimum atomic E-state index is -0.494. The predicted octanol–water partition coefficient (Wildman–Crippen LogP) is 5.98. The third-order valence-corrected chi connectivity index (χ3v) is 9.30. The minimum absolute atomic E-state index is 0.0442. The fourth-order valence-electron chi connectivity index (χ4n) is 5.94. The van der Waals surface area contributed by atoms with Crippen LogP contribution in [0.25, 0.3) is 0 Å². The molecule has 1 aromatic carbocycles. The largest absolute Gasteiger partial charge is 0.397 e. The standard InChI is InChI=1S/C28H23BrN6OS/c29-15-6-3-5-14(11-15)22-23-19(8-4-9-20(23)36)35(27-24(22)25(32)18(13-31)26(33)34-27)28-17(12-30)16-7-1-2-10-21(16)37-28/h3,5-6,11,22H,1-2,4,7-10H2,(H4,32,33,34)/t22-/m0/s1. The Kier molecular flexibility index (Phi) is 5.78. The van der Waals surface area contributed by atoms with Crippen molar-refractivity contribution in [2.45, 2.75) is 50.9 Å². The Morgan fingerprint density at radius 1 is 1.05 bits per heavy atom. The van der Waals surface area contributed by atoms with Crippen molar-refractivity contribution in [1.29, 1.82) is 10.5 Å². The molecule has 1 aliphatic heterocycles. The molecule has 0 amide bonds. The van der Waals surface area contributed by atoms with Crippen LogP contribution in [0.5, 0.6) is 0 Å². The summed E-state index contributed by atoms with van der Waals surface area (Å²) in [5, 5.41) is 20.9. The number of nitriles is 2. The van der Waals surface area contributed by atoms with Crippen molar-refractivity contribution >= 4 is 55.4 Å². The number of Topliss-reactive ketones (excluding diaryl/α,β-unsaturated/α-hetero) is 1. The van der Waals surface area contributed by atoms with Crippen molar-refractivity contribution in [2.24, 2.45) is 0 Å². The molecule has 0 spiro atoms. The molecular formula is C28H23BrN6OS. The van der Waals surface area contributed by atoms with E-state index in [0.29, 0.717) is 41.8 Å². The number of carbonyl (C=O) groups excluding carboxylic acids is 1. The van der Waals surface area contributed by atoms with E-state index < -0.39 is 5.92 Å². The maximum atomic E-state index is 13.7. The van der Waals surface area contributed by atoms with Crippen LogP contribution in [-0.4, -0.2) is 10.8 Å². The van der Waals surface area contributed by atoms with Gasteiger partial charge in [0, 0.05) is 38.5 Å². The molecule has 0 unspecified atom stereocenters. The molecule has 0 fully saturated rings. The first kappa shape index (κ1) is 23.7. The van der Waals surface area contributed by atoms with Gasteiger partial charge in [0.2, 0.25) is 0 Å². The van der Waals surface area contributed by atoms with Crippen molar-refractivity contribution in [3.8, 4) is 12.1 Å². The molecule has 2 aliphatic carbocycles. The Hall–Kier alpha value is -3.66. The first-order valence-electron chi connectivity index (χ1n) is 12.3. The van der Waals surface area contributed by atoms with Gasteiger partial charge in [-0.15, -0.1) is 11.3 Å². The number of hydrogen-bond donors (Lipinski definition) is 2.